The summed E-state index contributed by atoms with van der Waals surface area (Å²) in [7, 11) is 4.09. The number of carboxylic acid groups (broad SMARTS) is 1. The summed E-state index contributed by atoms with van der Waals surface area (Å²) in [5.41, 5.74) is 0.290. The van der Waals surface area contributed by atoms with E-state index in [1.807, 2.05) is 14.1 Å². The van der Waals surface area contributed by atoms with Crippen molar-refractivity contribution >= 4 is 11.8 Å². The third kappa shape index (κ3) is 1.99. The number of hydrogen-bond acceptors (Lipinski definition) is 4. The van der Waals surface area contributed by atoms with Gasteiger partial charge in [-0.2, -0.15) is 0 Å². The van der Waals surface area contributed by atoms with Crippen molar-refractivity contribution in [3.05, 3.63) is 23.9 Å². The van der Waals surface area contributed by atoms with Crippen molar-refractivity contribution in [3.8, 4) is 0 Å². The van der Waals surface area contributed by atoms with Gasteiger partial charge in [0.25, 0.3) is 0 Å². The van der Waals surface area contributed by atoms with Crippen LogP contribution in [0.15, 0.2) is 18.3 Å². The van der Waals surface area contributed by atoms with E-state index in [0.29, 0.717) is 11.6 Å². The molecule has 1 aromatic rings. The molecule has 0 aromatic carbocycles. The molecule has 1 fully saturated rings. The summed E-state index contributed by atoms with van der Waals surface area (Å²) in [6.45, 7) is 1.81. The highest BCUT2D eigenvalue weighted by molar-refractivity contribution is 5.88. The molecule has 5 nitrogen and oxygen atoms in total. The number of likely N-dealkylation sites (N-methyl/N-ethyl adjacent to an activating group) is 1. The first-order chi connectivity index (χ1) is 7.58. The maximum atomic E-state index is 10.8. The minimum atomic E-state index is -0.909. The molecule has 2 heterocycles. The topological polar surface area (TPSA) is 56.7 Å². The minimum absolute atomic E-state index is 0.290. The fourth-order valence-electron chi connectivity index (χ4n) is 1.69. The number of aromatic nitrogens is 1. The van der Waals surface area contributed by atoms with E-state index in [9.17, 15) is 4.79 Å². The molecule has 0 radical (unpaired) electrons. The molecule has 5 heteroatoms. The molecule has 1 N–H and O–H groups in total. The van der Waals surface area contributed by atoms with Crippen LogP contribution in [0.4, 0.5) is 5.82 Å². The van der Waals surface area contributed by atoms with Crippen molar-refractivity contribution in [1.29, 1.82) is 0 Å². The molecule has 86 valence electrons. The van der Waals surface area contributed by atoms with E-state index in [2.05, 4.69) is 14.8 Å². The lowest BCUT2D eigenvalue weighted by atomic mass is 10.1. The van der Waals surface area contributed by atoms with Gasteiger partial charge in [-0.05, 0) is 26.2 Å². The lowest BCUT2D eigenvalue weighted by molar-refractivity contribution is 0.0696. The van der Waals surface area contributed by atoms with Crippen molar-refractivity contribution in [3.63, 3.8) is 0 Å². The van der Waals surface area contributed by atoms with Gasteiger partial charge in [0.05, 0.1) is 5.56 Å². The van der Waals surface area contributed by atoms with Gasteiger partial charge in [-0.15, -0.1) is 0 Å². The van der Waals surface area contributed by atoms with Gasteiger partial charge in [-0.25, -0.2) is 9.78 Å². The number of hydrogen-bond donors (Lipinski definition) is 1. The lowest BCUT2D eigenvalue weighted by Crippen LogP contribution is -2.57. The summed E-state index contributed by atoms with van der Waals surface area (Å²) in [4.78, 5) is 19.2. The molecule has 1 aliphatic rings. The van der Waals surface area contributed by atoms with Crippen LogP contribution in [0, 0.1) is 0 Å². The Morgan fingerprint density at radius 3 is 2.81 bits per heavy atom. The lowest BCUT2D eigenvalue weighted by Gasteiger charge is -2.43. The highest BCUT2D eigenvalue weighted by Crippen LogP contribution is 2.21. The SMILES string of the molecule is CN(C)C1CN(c2cc(C(=O)O)ccn2)C1. The number of anilines is 1. The Kier molecular flexibility index (Phi) is 2.78. The van der Waals surface area contributed by atoms with Crippen molar-refractivity contribution in [2.45, 2.75) is 6.04 Å². The van der Waals surface area contributed by atoms with Crippen LogP contribution in [-0.2, 0) is 0 Å². The Bertz CT molecular complexity index is 400. The van der Waals surface area contributed by atoms with E-state index >= 15 is 0 Å². The van der Waals surface area contributed by atoms with Crippen LogP contribution in [0.1, 0.15) is 10.4 Å². The zero-order valence-electron chi connectivity index (χ0n) is 9.42. The van der Waals surface area contributed by atoms with Crippen molar-refractivity contribution < 1.29 is 9.90 Å². The summed E-state index contributed by atoms with van der Waals surface area (Å²) < 4.78 is 0. The Balaban J connectivity index is 2.06. The van der Waals surface area contributed by atoms with E-state index in [1.165, 1.54) is 6.07 Å². The molecular formula is C11H15N3O2. The summed E-state index contributed by atoms with van der Waals surface area (Å²) in [6, 6.07) is 3.67. The maximum absolute atomic E-state index is 10.8. The van der Waals surface area contributed by atoms with Crippen molar-refractivity contribution in [2.75, 3.05) is 32.1 Å². The molecule has 0 aliphatic carbocycles. The quantitative estimate of drug-likeness (QED) is 0.807. The predicted octanol–water partition coefficient (Wildman–Crippen LogP) is 0.530. The van der Waals surface area contributed by atoms with E-state index in [-0.39, 0.29) is 0 Å². The summed E-state index contributed by atoms with van der Waals surface area (Å²) in [5, 5.41) is 8.87. The molecule has 1 aromatic heterocycles. The Morgan fingerprint density at radius 2 is 2.25 bits per heavy atom. The van der Waals surface area contributed by atoms with Gasteiger partial charge < -0.3 is 14.9 Å². The average Bonchev–Trinajstić information content (AvgIpc) is 2.15. The van der Waals surface area contributed by atoms with Gasteiger partial charge in [0, 0.05) is 25.3 Å². The number of nitrogens with zero attached hydrogens (tertiary/aromatic N) is 3. The zero-order chi connectivity index (χ0) is 11.7. The maximum Gasteiger partial charge on any atom is 0.335 e. The summed E-state index contributed by atoms with van der Waals surface area (Å²) >= 11 is 0. The minimum Gasteiger partial charge on any atom is -0.478 e. The van der Waals surface area contributed by atoms with Crippen LogP contribution in [0.5, 0.6) is 0 Å². The monoisotopic (exact) mass is 221 g/mol. The first kappa shape index (κ1) is 10.9. The van der Waals surface area contributed by atoms with Gasteiger partial charge in [-0.1, -0.05) is 0 Å². The third-order valence-electron chi connectivity index (χ3n) is 2.91. The second-order valence-corrected chi connectivity index (χ2v) is 4.23. The van der Waals surface area contributed by atoms with Crippen LogP contribution in [-0.4, -0.2) is 54.2 Å². The Labute approximate surface area is 94.3 Å². The Morgan fingerprint density at radius 1 is 1.56 bits per heavy atom. The summed E-state index contributed by atoms with van der Waals surface area (Å²) in [5.74, 6) is -0.161. The van der Waals surface area contributed by atoms with Crippen LogP contribution in [0.2, 0.25) is 0 Å². The standard InChI is InChI=1S/C11H15N3O2/c1-13(2)9-6-14(7-9)10-5-8(11(15)16)3-4-12-10/h3-5,9H,6-7H2,1-2H3,(H,15,16). The number of carboxylic acids is 1. The molecule has 0 atom stereocenters. The summed E-state index contributed by atoms with van der Waals surface area (Å²) in [6.07, 6.45) is 1.54. The smallest absolute Gasteiger partial charge is 0.335 e. The van der Waals surface area contributed by atoms with E-state index in [1.54, 1.807) is 12.3 Å². The number of rotatable bonds is 3. The average molecular weight is 221 g/mol. The van der Waals surface area contributed by atoms with Gasteiger partial charge in [0.2, 0.25) is 0 Å². The first-order valence-electron chi connectivity index (χ1n) is 5.18. The molecule has 0 spiro atoms. The molecule has 2 rings (SSSR count). The van der Waals surface area contributed by atoms with Crippen LogP contribution in [0.25, 0.3) is 0 Å². The Hall–Kier alpha value is -1.62. The first-order valence-corrected chi connectivity index (χ1v) is 5.18. The number of pyridine rings is 1. The fourth-order valence-corrected chi connectivity index (χ4v) is 1.69. The van der Waals surface area contributed by atoms with Gasteiger partial charge in [0.1, 0.15) is 5.82 Å². The molecule has 0 amide bonds. The highest BCUT2D eigenvalue weighted by atomic mass is 16.4. The number of aromatic carboxylic acids is 1. The largest absolute Gasteiger partial charge is 0.478 e. The predicted molar refractivity (Wildman–Crippen MR) is 60.9 cm³/mol. The van der Waals surface area contributed by atoms with E-state index in [0.717, 1.165) is 18.9 Å². The number of carbonyl (C=O) groups is 1. The third-order valence-corrected chi connectivity index (χ3v) is 2.91. The zero-order valence-corrected chi connectivity index (χ0v) is 9.42. The molecule has 1 aliphatic heterocycles. The van der Waals surface area contributed by atoms with Gasteiger partial charge in [0.15, 0.2) is 0 Å². The highest BCUT2D eigenvalue weighted by Gasteiger charge is 2.29. The molecule has 1 saturated heterocycles. The van der Waals surface area contributed by atoms with E-state index in [4.69, 9.17) is 5.11 Å². The molecule has 0 bridgehead atoms. The fraction of sp³-hybridized carbons (Fsp3) is 0.455. The van der Waals surface area contributed by atoms with Crippen LogP contribution >= 0.6 is 0 Å². The van der Waals surface area contributed by atoms with Gasteiger partial charge in [-0.3, -0.25) is 0 Å². The van der Waals surface area contributed by atoms with Crippen molar-refractivity contribution in [2.24, 2.45) is 0 Å². The van der Waals surface area contributed by atoms with Gasteiger partial charge >= 0.3 is 5.97 Å². The second-order valence-electron chi connectivity index (χ2n) is 4.23. The normalized spacial score (nSPS) is 16.3. The van der Waals surface area contributed by atoms with Crippen LogP contribution in [0.3, 0.4) is 0 Å². The van der Waals surface area contributed by atoms with Crippen molar-refractivity contribution in [1.82, 2.24) is 9.88 Å². The molecule has 0 unspecified atom stereocenters. The van der Waals surface area contributed by atoms with E-state index < -0.39 is 5.97 Å². The van der Waals surface area contributed by atoms with Crippen LogP contribution < -0.4 is 4.90 Å². The second kappa shape index (κ2) is 4.09. The molecular weight excluding hydrogens is 206 g/mol. The molecule has 16 heavy (non-hydrogen) atoms. The molecule has 0 saturated carbocycles.